The van der Waals surface area contributed by atoms with Crippen molar-refractivity contribution < 1.29 is 28.1 Å². The summed E-state index contributed by atoms with van der Waals surface area (Å²) in [6.07, 6.45) is 0. The number of hydrogen-bond donors (Lipinski definition) is 1. The fourth-order valence-electron chi connectivity index (χ4n) is 1.51. The molecule has 1 aliphatic heterocycles. The molecule has 92 valence electrons. The molecular formula is C9H2F2N2O5. The molecule has 0 atom stereocenters. The first kappa shape index (κ1) is 11.8. The molecule has 2 rings (SSSR count). The molecule has 1 aromatic carbocycles. The number of amides is 1. The fraction of sp³-hybridized carbons (Fsp3) is 0. The number of nitro groups is 1. The van der Waals surface area contributed by atoms with Gasteiger partial charge in [0.2, 0.25) is 11.6 Å². The highest BCUT2D eigenvalue weighted by molar-refractivity contribution is 6.71. The van der Waals surface area contributed by atoms with Gasteiger partial charge in [0.15, 0.2) is 5.82 Å². The van der Waals surface area contributed by atoms with Gasteiger partial charge in [0.05, 0.1) is 10.6 Å². The van der Waals surface area contributed by atoms with E-state index in [9.17, 15) is 33.3 Å². The summed E-state index contributed by atoms with van der Waals surface area (Å²) >= 11 is 0. The van der Waals surface area contributed by atoms with Crippen molar-refractivity contribution in [3.8, 4) is 0 Å². The Morgan fingerprint density at radius 3 is 2.33 bits per heavy atom. The molecule has 0 radical (unpaired) electrons. The van der Waals surface area contributed by atoms with Crippen molar-refractivity contribution in [2.24, 2.45) is 0 Å². The normalized spacial score (nSPS) is 14.2. The van der Waals surface area contributed by atoms with Crippen LogP contribution in [0.4, 0.5) is 20.2 Å². The fourth-order valence-corrected chi connectivity index (χ4v) is 1.51. The number of rotatable bonds is 1. The Kier molecular flexibility index (Phi) is 2.39. The number of nitrogens with one attached hydrogen (secondary N) is 1. The highest BCUT2D eigenvalue weighted by Gasteiger charge is 2.41. The van der Waals surface area contributed by atoms with Crippen LogP contribution in [0, 0.1) is 21.7 Å². The second kappa shape index (κ2) is 3.65. The standard InChI is InChI=1S/C9H2F2N2O5/c10-2-1-3-4(6(5(2)11)13(17)18)7(14)8(15)9(16)12-3/h1H,(H,12,16). The molecule has 1 aliphatic rings. The van der Waals surface area contributed by atoms with Crippen LogP contribution in [0.1, 0.15) is 10.4 Å². The Balaban J connectivity index is 2.85. The van der Waals surface area contributed by atoms with E-state index in [4.69, 9.17) is 0 Å². The Labute approximate surface area is 96.5 Å². The smallest absolute Gasteiger partial charge is 0.318 e. The summed E-state index contributed by atoms with van der Waals surface area (Å²) in [5.41, 5.74) is -3.03. The van der Waals surface area contributed by atoms with Gasteiger partial charge < -0.3 is 5.32 Å². The van der Waals surface area contributed by atoms with Crippen LogP contribution < -0.4 is 5.32 Å². The average Bonchev–Trinajstić information content (AvgIpc) is 2.29. The zero-order valence-electron chi connectivity index (χ0n) is 8.32. The van der Waals surface area contributed by atoms with Crippen molar-refractivity contribution >= 4 is 28.8 Å². The lowest BCUT2D eigenvalue weighted by atomic mass is 9.98. The zero-order chi connectivity index (χ0) is 13.6. The number of fused-ring (bicyclic) bond motifs is 1. The molecule has 1 heterocycles. The van der Waals surface area contributed by atoms with Crippen molar-refractivity contribution in [3.05, 3.63) is 33.4 Å². The predicted molar refractivity (Wildman–Crippen MR) is 51.0 cm³/mol. The molecule has 0 fully saturated rings. The minimum absolute atomic E-state index is 0.403. The van der Waals surface area contributed by atoms with Crippen molar-refractivity contribution in [3.63, 3.8) is 0 Å². The lowest BCUT2D eigenvalue weighted by Gasteiger charge is -2.14. The summed E-state index contributed by atoms with van der Waals surface area (Å²) in [7, 11) is 0. The lowest BCUT2D eigenvalue weighted by Crippen LogP contribution is -2.36. The second-order valence-electron chi connectivity index (χ2n) is 3.31. The van der Waals surface area contributed by atoms with Crippen LogP contribution in [-0.4, -0.2) is 22.4 Å². The number of Topliss-reactive ketones (excluding diaryl/α,β-unsaturated/α-hetero) is 2. The highest BCUT2D eigenvalue weighted by atomic mass is 19.2. The van der Waals surface area contributed by atoms with E-state index >= 15 is 0 Å². The van der Waals surface area contributed by atoms with E-state index in [0.717, 1.165) is 0 Å². The number of nitrogens with zero attached hydrogens (tertiary/aromatic N) is 1. The van der Waals surface area contributed by atoms with E-state index in [0.29, 0.717) is 6.07 Å². The molecule has 0 aromatic heterocycles. The third-order valence-electron chi connectivity index (χ3n) is 2.27. The number of anilines is 1. The predicted octanol–water partition coefficient (Wildman–Crippen LogP) is 0.577. The van der Waals surface area contributed by atoms with Crippen LogP contribution in [0.15, 0.2) is 6.07 Å². The Hall–Kier alpha value is -2.71. The van der Waals surface area contributed by atoms with Gasteiger partial charge in [-0.15, -0.1) is 0 Å². The molecule has 7 nitrogen and oxygen atoms in total. The lowest BCUT2D eigenvalue weighted by molar-refractivity contribution is -0.388. The molecule has 1 N–H and O–H groups in total. The monoisotopic (exact) mass is 256 g/mol. The summed E-state index contributed by atoms with van der Waals surface area (Å²) in [5, 5.41) is 12.4. The van der Waals surface area contributed by atoms with E-state index < -0.39 is 51.0 Å². The van der Waals surface area contributed by atoms with E-state index in [2.05, 4.69) is 0 Å². The topological polar surface area (TPSA) is 106 Å². The molecule has 1 aromatic rings. The van der Waals surface area contributed by atoms with E-state index in [1.54, 1.807) is 5.32 Å². The molecule has 0 saturated heterocycles. The first-order valence-corrected chi connectivity index (χ1v) is 4.41. The first-order valence-electron chi connectivity index (χ1n) is 4.41. The van der Waals surface area contributed by atoms with E-state index in [1.165, 1.54) is 0 Å². The maximum Gasteiger partial charge on any atom is 0.321 e. The minimum Gasteiger partial charge on any atom is -0.318 e. The highest BCUT2D eigenvalue weighted by Crippen LogP contribution is 2.34. The third kappa shape index (κ3) is 1.44. The van der Waals surface area contributed by atoms with Crippen LogP contribution in [0.5, 0.6) is 0 Å². The molecule has 0 saturated carbocycles. The number of ketones is 2. The number of nitro benzene ring substituents is 1. The summed E-state index contributed by atoms with van der Waals surface area (Å²) in [5.74, 6) is -7.94. The van der Waals surface area contributed by atoms with Gasteiger partial charge in [-0.3, -0.25) is 24.5 Å². The average molecular weight is 256 g/mol. The largest absolute Gasteiger partial charge is 0.321 e. The maximum atomic E-state index is 13.2. The van der Waals surface area contributed by atoms with Crippen molar-refractivity contribution in [2.75, 3.05) is 5.32 Å². The Bertz CT molecular complexity index is 640. The van der Waals surface area contributed by atoms with Crippen molar-refractivity contribution in [1.29, 1.82) is 0 Å². The van der Waals surface area contributed by atoms with Gasteiger partial charge in [-0.25, -0.2) is 4.39 Å². The van der Waals surface area contributed by atoms with Crippen LogP contribution in [0.2, 0.25) is 0 Å². The quantitative estimate of drug-likeness (QED) is 0.449. The van der Waals surface area contributed by atoms with Crippen LogP contribution in [-0.2, 0) is 9.59 Å². The molecule has 9 heteroatoms. The Morgan fingerprint density at radius 2 is 1.78 bits per heavy atom. The van der Waals surface area contributed by atoms with E-state index in [1.807, 2.05) is 0 Å². The van der Waals surface area contributed by atoms with Crippen LogP contribution in [0.3, 0.4) is 0 Å². The van der Waals surface area contributed by atoms with Gasteiger partial charge >= 0.3 is 5.69 Å². The number of halogens is 2. The summed E-state index contributed by atoms with van der Waals surface area (Å²) in [6, 6.07) is 0.403. The van der Waals surface area contributed by atoms with Gasteiger partial charge in [-0.2, -0.15) is 4.39 Å². The van der Waals surface area contributed by atoms with Gasteiger partial charge in [0.25, 0.3) is 11.7 Å². The van der Waals surface area contributed by atoms with Gasteiger partial charge in [0, 0.05) is 6.07 Å². The second-order valence-corrected chi connectivity index (χ2v) is 3.31. The zero-order valence-corrected chi connectivity index (χ0v) is 8.32. The number of hydrogen-bond acceptors (Lipinski definition) is 5. The van der Waals surface area contributed by atoms with Gasteiger partial charge in [0.1, 0.15) is 5.56 Å². The molecule has 0 bridgehead atoms. The van der Waals surface area contributed by atoms with Crippen LogP contribution in [0.25, 0.3) is 0 Å². The summed E-state index contributed by atoms with van der Waals surface area (Å²) in [6.45, 7) is 0. The molecule has 18 heavy (non-hydrogen) atoms. The number of benzene rings is 1. The van der Waals surface area contributed by atoms with Crippen LogP contribution >= 0.6 is 0 Å². The maximum absolute atomic E-state index is 13.2. The van der Waals surface area contributed by atoms with Gasteiger partial charge in [-0.05, 0) is 0 Å². The molecule has 0 unspecified atom stereocenters. The Morgan fingerprint density at radius 1 is 1.17 bits per heavy atom. The molecule has 1 amide bonds. The van der Waals surface area contributed by atoms with Gasteiger partial charge in [-0.1, -0.05) is 0 Å². The minimum atomic E-state index is -1.86. The number of carbonyl (C=O) groups is 3. The summed E-state index contributed by atoms with van der Waals surface area (Å²) in [4.78, 5) is 42.7. The third-order valence-corrected chi connectivity index (χ3v) is 2.27. The van der Waals surface area contributed by atoms with E-state index in [-0.39, 0.29) is 0 Å². The molecule has 0 spiro atoms. The SMILES string of the molecule is O=C1Nc2cc(F)c(F)c([N+](=O)[O-])c2C(=O)C1=O. The van der Waals surface area contributed by atoms with Crippen molar-refractivity contribution in [1.82, 2.24) is 0 Å². The van der Waals surface area contributed by atoms with Crippen molar-refractivity contribution in [2.45, 2.75) is 0 Å². The molecular weight excluding hydrogens is 254 g/mol. The first-order chi connectivity index (χ1) is 8.34. The number of carbonyl (C=O) groups excluding carboxylic acids is 3. The summed E-state index contributed by atoms with van der Waals surface area (Å²) < 4.78 is 26.3. The molecule has 0 aliphatic carbocycles.